The topological polar surface area (TPSA) is 59.2 Å². The van der Waals surface area contributed by atoms with Crippen LogP contribution in [0.3, 0.4) is 0 Å². The molecule has 0 aliphatic carbocycles. The number of rotatable bonds is 3. The Bertz CT molecular complexity index is 487. The molecule has 4 heteroatoms. The lowest BCUT2D eigenvalue weighted by Crippen LogP contribution is -2.49. The molecule has 4 nitrogen and oxygen atoms in total. The van der Waals surface area contributed by atoms with Gasteiger partial charge in [0, 0.05) is 24.8 Å². The van der Waals surface area contributed by atoms with Crippen LogP contribution in [0.5, 0.6) is 0 Å². The molecule has 1 aliphatic rings. The summed E-state index contributed by atoms with van der Waals surface area (Å²) >= 11 is 0. The van der Waals surface area contributed by atoms with E-state index in [1.165, 1.54) is 6.42 Å². The Kier molecular flexibility index (Phi) is 4.76. The molecule has 0 saturated carbocycles. The number of carbonyl (C=O) groups is 1. The van der Waals surface area contributed by atoms with Gasteiger partial charge in [0.05, 0.1) is 11.3 Å². The molecule has 2 atom stereocenters. The van der Waals surface area contributed by atoms with E-state index in [9.17, 15) is 4.79 Å². The van der Waals surface area contributed by atoms with Gasteiger partial charge in [-0.3, -0.25) is 9.78 Å². The van der Waals surface area contributed by atoms with Crippen molar-refractivity contribution in [2.45, 2.75) is 46.1 Å². The molecule has 0 aromatic carbocycles. The summed E-state index contributed by atoms with van der Waals surface area (Å²) in [6, 6.07) is 3.96. The van der Waals surface area contributed by atoms with Crippen molar-refractivity contribution < 1.29 is 4.79 Å². The first-order chi connectivity index (χ1) is 9.56. The zero-order valence-electron chi connectivity index (χ0n) is 12.7. The molecule has 1 aliphatic heterocycles. The zero-order chi connectivity index (χ0) is 14.7. The van der Waals surface area contributed by atoms with Crippen LogP contribution in [0, 0.1) is 19.8 Å². The molecule has 2 heterocycles. The van der Waals surface area contributed by atoms with Crippen molar-refractivity contribution in [1.82, 2.24) is 9.88 Å². The molecule has 1 saturated heterocycles. The summed E-state index contributed by atoms with van der Waals surface area (Å²) in [6.45, 7) is 7.41. The van der Waals surface area contributed by atoms with Crippen LogP contribution in [0.1, 0.15) is 47.9 Å². The van der Waals surface area contributed by atoms with E-state index >= 15 is 0 Å². The van der Waals surface area contributed by atoms with Crippen LogP contribution < -0.4 is 5.73 Å². The van der Waals surface area contributed by atoms with Gasteiger partial charge in [-0.2, -0.15) is 0 Å². The van der Waals surface area contributed by atoms with Crippen molar-refractivity contribution in [1.29, 1.82) is 0 Å². The molecular weight excluding hydrogens is 250 g/mol. The molecule has 2 unspecified atom stereocenters. The molecule has 2 rings (SSSR count). The minimum atomic E-state index is 0.0833. The molecule has 1 aromatic rings. The van der Waals surface area contributed by atoms with E-state index in [0.29, 0.717) is 18.0 Å². The van der Waals surface area contributed by atoms with Gasteiger partial charge in [-0.1, -0.05) is 13.3 Å². The Hall–Kier alpha value is -1.42. The summed E-state index contributed by atoms with van der Waals surface area (Å²) in [5.74, 6) is 0.782. The number of carbonyl (C=O) groups excluding carboxylic acids is 1. The van der Waals surface area contributed by atoms with Crippen LogP contribution in [0.2, 0.25) is 0 Å². The number of amides is 1. The fraction of sp³-hybridized carbons (Fsp3) is 0.625. The average Bonchev–Trinajstić information content (AvgIpc) is 2.46. The van der Waals surface area contributed by atoms with Crippen molar-refractivity contribution in [3.63, 3.8) is 0 Å². The van der Waals surface area contributed by atoms with Crippen molar-refractivity contribution in [3.05, 3.63) is 29.1 Å². The highest BCUT2D eigenvalue weighted by molar-refractivity contribution is 5.95. The SMILES string of the molecule is CCC1CCN(C(=O)c2ccc(C)nc2C)C(CN)C1. The summed E-state index contributed by atoms with van der Waals surface area (Å²) in [5.41, 5.74) is 8.34. The summed E-state index contributed by atoms with van der Waals surface area (Å²) in [5, 5.41) is 0. The number of pyridine rings is 1. The van der Waals surface area contributed by atoms with Crippen molar-refractivity contribution >= 4 is 5.91 Å². The summed E-state index contributed by atoms with van der Waals surface area (Å²) in [4.78, 5) is 19.1. The van der Waals surface area contributed by atoms with Crippen molar-refractivity contribution in [2.24, 2.45) is 11.7 Å². The fourth-order valence-electron chi connectivity index (χ4n) is 3.06. The maximum absolute atomic E-state index is 12.7. The Labute approximate surface area is 121 Å². The second kappa shape index (κ2) is 6.35. The third kappa shape index (κ3) is 3.01. The van der Waals surface area contributed by atoms with Crippen LogP contribution in [-0.4, -0.2) is 34.9 Å². The van der Waals surface area contributed by atoms with Crippen LogP contribution in [0.4, 0.5) is 0 Å². The number of aromatic nitrogens is 1. The molecule has 110 valence electrons. The van der Waals surface area contributed by atoms with Crippen LogP contribution in [0.15, 0.2) is 12.1 Å². The van der Waals surface area contributed by atoms with E-state index in [1.54, 1.807) is 0 Å². The normalized spacial score (nSPS) is 22.9. The van der Waals surface area contributed by atoms with E-state index in [-0.39, 0.29) is 11.9 Å². The summed E-state index contributed by atoms with van der Waals surface area (Å²) < 4.78 is 0. The maximum atomic E-state index is 12.7. The van der Waals surface area contributed by atoms with E-state index < -0.39 is 0 Å². The standard InChI is InChI=1S/C16H25N3O/c1-4-13-7-8-19(14(9-13)10-17)16(20)15-6-5-11(2)18-12(15)3/h5-6,13-14H,4,7-10,17H2,1-3H3. The summed E-state index contributed by atoms with van der Waals surface area (Å²) in [7, 11) is 0. The van der Waals surface area contributed by atoms with Crippen LogP contribution in [-0.2, 0) is 0 Å². The third-order valence-corrected chi connectivity index (χ3v) is 4.39. The minimum absolute atomic E-state index is 0.0833. The van der Waals surface area contributed by atoms with Gasteiger partial charge < -0.3 is 10.6 Å². The van der Waals surface area contributed by atoms with E-state index in [4.69, 9.17) is 5.73 Å². The Morgan fingerprint density at radius 3 is 2.80 bits per heavy atom. The van der Waals surface area contributed by atoms with Gasteiger partial charge in [-0.25, -0.2) is 0 Å². The van der Waals surface area contributed by atoms with E-state index in [2.05, 4.69) is 11.9 Å². The Morgan fingerprint density at radius 1 is 1.45 bits per heavy atom. The Balaban J connectivity index is 2.19. The van der Waals surface area contributed by atoms with Gasteiger partial charge in [-0.05, 0) is 44.7 Å². The number of hydrogen-bond donors (Lipinski definition) is 1. The molecule has 1 amide bonds. The highest BCUT2D eigenvalue weighted by Gasteiger charge is 2.31. The lowest BCUT2D eigenvalue weighted by molar-refractivity contribution is 0.0557. The van der Waals surface area contributed by atoms with Gasteiger partial charge >= 0.3 is 0 Å². The second-order valence-corrected chi connectivity index (χ2v) is 5.77. The molecule has 2 N–H and O–H groups in total. The molecule has 20 heavy (non-hydrogen) atoms. The van der Waals surface area contributed by atoms with Crippen molar-refractivity contribution in [2.75, 3.05) is 13.1 Å². The summed E-state index contributed by atoms with van der Waals surface area (Å²) in [6.07, 6.45) is 3.28. The molecule has 0 spiro atoms. The number of likely N-dealkylation sites (tertiary alicyclic amines) is 1. The lowest BCUT2D eigenvalue weighted by Gasteiger charge is -2.39. The first-order valence-electron chi connectivity index (χ1n) is 7.52. The molecule has 0 bridgehead atoms. The molecule has 1 fully saturated rings. The number of hydrogen-bond acceptors (Lipinski definition) is 3. The molecular formula is C16H25N3O. The van der Waals surface area contributed by atoms with Crippen molar-refractivity contribution in [3.8, 4) is 0 Å². The highest BCUT2D eigenvalue weighted by Crippen LogP contribution is 2.26. The van der Waals surface area contributed by atoms with Gasteiger partial charge in [0.25, 0.3) is 5.91 Å². The number of piperidine rings is 1. The smallest absolute Gasteiger partial charge is 0.255 e. The van der Waals surface area contributed by atoms with Crippen LogP contribution in [0.25, 0.3) is 0 Å². The molecule has 1 aromatic heterocycles. The van der Waals surface area contributed by atoms with E-state index in [0.717, 1.165) is 30.8 Å². The van der Waals surface area contributed by atoms with Gasteiger partial charge in [0.1, 0.15) is 0 Å². The first kappa shape index (κ1) is 15.0. The predicted molar refractivity (Wildman–Crippen MR) is 80.6 cm³/mol. The van der Waals surface area contributed by atoms with Gasteiger partial charge in [-0.15, -0.1) is 0 Å². The number of nitrogens with zero attached hydrogens (tertiary/aromatic N) is 2. The van der Waals surface area contributed by atoms with Gasteiger partial charge in [0.15, 0.2) is 0 Å². The maximum Gasteiger partial charge on any atom is 0.255 e. The third-order valence-electron chi connectivity index (χ3n) is 4.39. The lowest BCUT2D eigenvalue weighted by atomic mass is 9.88. The quantitative estimate of drug-likeness (QED) is 0.920. The minimum Gasteiger partial charge on any atom is -0.334 e. The second-order valence-electron chi connectivity index (χ2n) is 5.77. The highest BCUT2D eigenvalue weighted by atomic mass is 16.2. The monoisotopic (exact) mass is 275 g/mol. The fourth-order valence-corrected chi connectivity index (χ4v) is 3.06. The van der Waals surface area contributed by atoms with Gasteiger partial charge in [0.2, 0.25) is 0 Å². The largest absolute Gasteiger partial charge is 0.334 e. The Morgan fingerprint density at radius 2 is 2.20 bits per heavy atom. The average molecular weight is 275 g/mol. The van der Waals surface area contributed by atoms with E-state index in [1.807, 2.05) is 30.9 Å². The number of aryl methyl sites for hydroxylation is 2. The molecule has 0 radical (unpaired) electrons. The van der Waals surface area contributed by atoms with Crippen LogP contribution >= 0.6 is 0 Å². The number of nitrogens with two attached hydrogens (primary N) is 1. The predicted octanol–water partition coefficient (Wildman–Crippen LogP) is 2.29. The first-order valence-corrected chi connectivity index (χ1v) is 7.52. The zero-order valence-corrected chi connectivity index (χ0v) is 12.7.